The molecule has 86 valence electrons. The van der Waals surface area contributed by atoms with E-state index in [-0.39, 0.29) is 6.10 Å². The molecule has 0 aromatic heterocycles. The van der Waals surface area contributed by atoms with Crippen molar-refractivity contribution in [2.24, 2.45) is 10.2 Å². The van der Waals surface area contributed by atoms with Crippen LogP contribution < -0.4 is 0 Å². The first-order valence-corrected chi connectivity index (χ1v) is 5.36. The standard InChI is InChI=1S/C11H14N2O3/c14-10(15)4-5-11(6-7-12-13-11)9-3-1-2-8-16-9/h4-7,9H,1-3,8H2,(H,14,15)/b5-4+. The molecular formula is C11H14N2O3. The lowest BCUT2D eigenvalue weighted by molar-refractivity contribution is -0.131. The van der Waals surface area contributed by atoms with Crippen molar-refractivity contribution in [1.29, 1.82) is 0 Å². The summed E-state index contributed by atoms with van der Waals surface area (Å²) >= 11 is 0. The molecule has 2 unspecified atom stereocenters. The number of carboxylic acid groups (broad SMARTS) is 1. The van der Waals surface area contributed by atoms with Crippen molar-refractivity contribution in [3.8, 4) is 0 Å². The molecule has 0 radical (unpaired) electrons. The van der Waals surface area contributed by atoms with Gasteiger partial charge in [-0.05, 0) is 31.4 Å². The van der Waals surface area contributed by atoms with Gasteiger partial charge in [0.05, 0.1) is 6.10 Å². The molecule has 1 N–H and O–H groups in total. The molecule has 0 amide bonds. The van der Waals surface area contributed by atoms with Crippen molar-refractivity contribution >= 4 is 5.97 Å². The van der Waals surface area contributed by atoms with Crippen molar-refractivity contribution in [3.05, 3.63) is 24.4 Å². The first-order chi connectivity index (χ1) is 7.73. The molecule has 5 heteroatoms. The SMILES string of the molecule is O=C(O)/C=C/C1(C2CCCCO2)C=CN=N1. The van der Waals surface area contributed by atoms with Gasteiger partial charge in [-0.1, -0.05) is 0 Å². The number of hydrogen-bond donors (Lipinski definition) is 1. The molecule has 5 nitrogen and oxygen atoms in total. The van der Waals surface area contributed by atoms with E-state index in [1.807, 2.05) is 0 Å². The molecule has 1 fully saturated rings. The average molecular weight is 222 g/mol. The van der Waals surface area contributed by atoms with Gasteiger partial charge < -0.3 is 9.84 Å². The van der Waals surface area contributed by atoms with E-state index in [4.69, 9.17) is 9.84 Å². The maximum Gasteiger partial charge on any atom is 0.328 e. The molecule has 0 aliphatic carbocycles. The van der Waals surface area contributed by atoms with Crippen molar-refractivity contribution in [2.45, 2.75) is 30.9 Å². The molecule has 0 bridgehead atoms. The van der Waals surface area contributed by atoms with Crippen LogP contribution in [0.5, 0.6) is 0 Å². The summed E-state index contributed by atoms with van der Waals surface area (Å²) in [5.74, 6) is -0.981. The largest absolute Gasteiger partial charge is 0.478 e. The minimum atomic E-state index is -0.981. The minimum Gasteiger partial charge on any atom is -0.478 e. The first-order valence-electron chi connectivity index (χ1n) is 5.36. The Morgan fingerprint density at radius 3 is 3.00 bits per heavy atom. The summed E-state index contributed by atoms with van der Waals surface area (Å²) in [6.45, 7) is 0.705. The Morgan fingerprint density at radius 1 is 1.56 bits per heavy atom. The number of aliphatic carboxylic acids is 1. The molecule has 2 rings (SSSR count). The molecule has 0 saturated carbocycles. The van der Waals surface area contributed by atoms with Crippen LogP contribution in [0.4, 0.5) is 0 Å². The van der Waals surface area contributed by atoms with Crippen LogP contribution in [-0.2, 0) is 9.53 Å². The van der Waals surface area contributed by atoms with E-state index in [0.717, 1.165) is 25.3 Å². The van der Waals surface area contributed by atoms with Crippen molar-refractivity contribution in [1.82, 2.24) is 0 Å². The van der Waals surface area contributed by atoms with Gasteiger partial charge in [0.25, 0.3) is 0 Å². The number of nitrogens with zero attached hydrogens (tertiary/aromatic N) is 2. The lowest BCUT2D eigenvalue weighted by Gasteiger charge is -2.32. The van der Waals surface area contributed by atoms with Crippen LogP contribution in [0.25, 0.3) is 0 Å². The maximum atomic E-state index is 10.6. The molecule has 0 spiro atoms. The molecule has 16 heavy (non-hydrogen) atoms. The zero-order chi connectivity index (χ0) is 11.4. The Balaban J connectivity index is 2.18. The van der Waals surface area contributed by atoms with Gasteiger partial charge >= 0.3 is 5.97 Å². The summed E-state index contributed by atoms with van der Waals surface area (Å²) in [7, 11) is 0. The third-order valence-electron chi connectivity index (χ3n) is 2.83. The van der Waals surface area contributed by atoms with Crippen LogP contribution in [0.2, 0.25) is 0 Å². The summed E-state index contributed by atoms with van der Waals surface area (Å²) in [4.78, 5) is 10.6. The molecule has 0 aromatic rings. The lowest BCUT2D eigenvalue weighted by atomic mass is 9.88. The minimum absolute atomic E-state index is 0.0978. The average Bonchev–Trinajstić information content (AvgIpc) is 2.78. The molecule has 0 aromatic carbocycles. The number of carbonyl (C=O) groups is 1. The summed E-state index contributed by atoms with van der Waals surface area (Å²) in [5.41, 5.74) is -0.710. The van der Waals surface area contributed by atoms with Crippen molar-refractivity contribution < 1.29 is 14.6 Å². The fraction of sp³-hybridized carbons (Fsp3) is 0.545. The van der Waals surface area contributed by atoms with Crippen LogP contribution in [0.15, 0.2) is 34.7 Å². The quantitative estimate of drug-likeness (QED) is 0.741. The number of ether oxygens (including phenoxy) is 1. The van der Waals surface area contributed by atoms with E-state index >= 15 is 0 Å². The van der Waals surface area contributed by atoms with Gasteiger partial charge in [-0.15, -0.1) is 0 Å². The molecular weight excluding hydrogens is 208 g/mol. The van der Waals surface area contributed by atoms with Crippen LogP contribution in [-0.4, -0.2) is 29.3 Å². The predicted octanol–water partition coefficient (Wildman–Crippen LogP) is 1.91. The number of azo groups is 1. The van der Waals surface area contributed by atoms with E-state index in [1.165, 1.54) is 0 Å². The Labute approximate surface area is 93.5 Å². The van der Waals surface area contributed by atoms with Crippen LogP contribution in [0.1, 0.15) is 19.3 Å². The molecule has 1 saturated heterocycles. The third kappa shape index (κ3) is 2.19. The molecule has 2 heterocycles. The summed E-state index contributed by atoms with van der Waals surface area (Å²) < 4.78 is 5.65. The Hall–Kier alpha value is -1.49. The normalized spacial score (nSPS) is 33.6. The zero-order valence-corrected chi connectivity index (χ0v) is 8.87. The highest BCUT2D eigenvalue weighted by atomic mass is 16.5. The Morgan fingerprint density at radius 2 is 2.44 bits per heavy atom. The second-order valence-electron chi connectivity index (χ2n) is 3.95. The highest BCUT2D eigenvalue weighted by Gasteiger charge is 2.38. The van der Waals surface area contributed by atoms with Gasteiger partial charge in [-0.2, -0.15) is 10.2 Å². The van der Waals surface area contributed by atoms with Gasteiger partial charge in [0.15, 0.2) is 0 Å². The second-order valence-corrected chi connectivity index (χ2v) is 3.95. The highest BCUT2D eigenvalue weighted by molar-refractivity contribution is 5.80. The smallest absolute Gasteiger partial charge is 0.328 e. The van der Waals surface area contributed by atoms with Gasteiger partial charge in [-0.25, -0.2) is 4.79 Å². The van der Waals surface area contributed by atoms with E-state index in [9.17, 15) is 4.79 Å². The Bertz CT molecular complexity index is 342. The third-order valence-corrected chi connectivity index (χ3v) is 2.83. The van der Waals surface area contributed by atoms with Crippen LogP contribution in [0.3, 0.4) is 0 Å². The second kappa shape index (κ2) is 4.57. The fourth-order valence-corrected chi connectivity index (χ4v) is 2.00. The maximum absolute atomic E-state index is 10.6. The van der Waals surface area contributed by atoms with Crippen LogP contribution >= 0.6 is 0 Å². The molecule has 2 atom stereocenters. The predicted molar refractivity (Wildman–Crippen MR) is 57.1 cm³/mol. The topological polar surface area (TPSA) is 71.2 Å². The van der Waals surface area contributed by atoms with E-state index in [0.29, 0.717) is 6.61 Å². The fourth-order valence-electron chi connectivity index (χ4n) is 2.00. The molecule has 2 aliphatic rings. The number of hydrogen-bond acceptors (Lipinski definition) is 4. The summed E-state index contributed by atoms with van der Waals surface area (Å²) in [6, 6.07) is 0. The number of carboxylic acids is 1. The van der Waals surface area contributed by atoms with E-state index < -0.39 is 11.5 Å². The van der Waals surface area contributed by atoms with Gasteiger partial charge in [-0.3, -0.25) is 0 Å². The zero-order valence-electron chi connectivity index (χ0n) is 8.87. The highest BCUT2D eigenvalue weighted by Crippen LogP contribution is 2.32. The van der Waals surface area contributed by atoms with Crippen molar-refractivity contribution in [2.75, 3.05) is 6.61 Å². The van der Waals surface area contributed by atoms with Gasteiger partial charge in [0.2, 0.25) is 0 Å². The Kier molecular flexibility index (Phi) is 3.14. The number of rotatable bonds is 3. The van der Waals surface area contributed by atoms with Crippen LogP contribution in [0, 0.1) is 0 Å². The molecule has 2 aliphatic heterocycles. The summed E-state index contributed by atoms with van der Waals surface area (Å²) in [6.07, 6.45) is 8.96. The van der Waals surface area contributed by atoms with E-state index in [2.05, 4.69) is 10.2 Å². The van der Waals surface area contributed by atoms with Gasteiger partial charge in [0, 0.05) is 18.9 Å². The summed E-state index contributed by atoms with van der Waals surface area (Å²) in [5, 5.41) is 16.6. The van der Waals surface area contributed by atoms with Gasteiger partial charge in [0.1, 0.15) is 5.54 Å². The monoisotopic (exact) mass is 222 g/mol. The van der Waals surface area contributed by atoms with E-state index in [1.54, 1.807) is 18.4 Å². The lowest BCUT2D eigenvalue weighted by Crippen LogP contribution is -2.40. The van der Waals surface area contributed by atoms with Crippen molar-refractivity contribution in [3.63, 3.8) is 0 Å². The first kappa shape index (κ1) is 11.0.